The number of urea groups is 1. The fourth-order valence-electron chi connectivity index (χ4n) is 3.35. The summed E-state index contributed by atoms with van der Waals surface area (Å²) in [6.45, 7) is 1.27. The molecule has 7 nitrogen and oxygen atoms in total. The van der Waals surface area contributed by atoms with Crippen molar-refractivity contribution in [1.82, 2.24) is 15.1 Å². The number of carbonyl (C=O) groups excluding carboxylic acids is 3. The van der Waals surface area contributed by atoms with Gasteiger partial charge in [-0.25, -0.2) is 9.18 Å². The summed E-state index contributed by atoms with van der Waals surface area (Å²) in [5.74, 6) is -1.00. The molecular formula is C21H21ClFN3O4. The molecule has 1 heterocycles. The molecule has 158 valence electrons. The SMILES string of the molecule is COc1ccccc1CN(C)C(=O)CN1C(=O)NC(C)(c2ccc(F)cc2Cl)C1=O. The number of nitrogens with zero attached hydrogens (tertiary/aromatic N) is 2. The zero-order valence-electron chi connectivity index (χ0n) is 16.7. The third-order valence-corrected chi connectivity index (χ3v) is 5.38. The maximum atomic E-state index is 13.4. The van der Waals surface area contributed by atoms with Crippen LogP contribution in [0.3, 0.4) is 0 Å². The van der Waals surface area contributed by atoms with Crippen molar-refractivity contribution < 1.29 is 23.5 Å². The molecule has 2 aromatic rings. The van der Waals surface area contributed by atoms with Crippen LogP contribution in [-0.2, 0) is 21.7 Å². The van der Waals surface area contributed by atoms with E-state index in [2.05, 4.69) is 5.32 Å². The molecule has 4 amide bonds. The highest BCUT2D eigenvalue weighted by molar-refractivity contribution is 6.32. The van der Waals surface area contributed by atoms with E-state index in [-0.39, 0.29) is 17.1 Å². The number of carbonyl (C=O) groups is 3. The highest BCUT2D eigenvalue weighted by Crippen LogP contribution is 2.34. The number of hydrogen-bond acceptors (Lipinski definition) is 4. The molecule has 1 saturated heterocycles. The Morgan fingerprint density at radius 1 is 1.27 bits per heavy atom. The lowest BCUT2D eigenvalue weighted by atomic mass is 9.92. The molecule has 1 atom stereocenters. The zero-order chi connectivity index (χ0) is 22.1. The van der Waals surface area contributed by atoms with Crippen molar-refractivity contribution in [3.63, 3.8) is 0 Å². The first-order valence-electron chi connectivity index (χ1n) is 9.13. The molecule has 2 aromatic carbocycles. The molecule has 30 heavy (non-hydrogen) atoms. The molecule has 1 fully saturated rings. The number of amides is 4. The summed E-state index contributed by atoms with van der Waals surface area (Å²) >= 11 is 6.09. The van der Waals surface area contributed by atoms with Crippen LogP contribution in [-0.4, -0.2) is 48.3 Å². The van der Waals surface area contributed by atoms with Crippen LogP contribution in [0.15, 0.2) is 42.5 Å². The van der Waals surface area contributed by atoms with Gasteiger partial charge in [-0.2, -0.15) is 0 Å². The number of ether oxygens (including phenoxy) is 1. The molecule has 1 N–H and O–H groups in total. The predicted molar refractivity (Wildman–Crippen MR) is 108 cm³/mol. The molecule has 3 rings (SSSR count). The van der Waals surface area contributed by atoms with E-state index in [1.165, 1.54) is 25.0 Å². The maximum absolute atomic E-state index is 13.4. The molecule has 1 aliphatic heterocycles. The number of halogens is 2. The van der Waals surface area contributed by atoms with Gasteiger partial charge in [0, 0.05) is 29.7 Å². The monoisotopic (exact) mass is 433 g/mol. The highest BCUT2D eigenvalue weighted by Gasteiger charge is 2.50. The number of hydrogen-bond donors (Lipinski definition) is 1. The van der Waals surface area contributed by atoms with Crippen molar-refractivity contribution in [2.24, 2.45) is 0 Å². The number of para-hydroxylation sites is 1. The van der Waals surface area contributed by atoms with Crippen LogP contribution in [0.2, 0.25) is 5.02 Å². The number of likely N-dealkylation sites (N-methyl/N-ethyl adjacent to an activating group) is 1. The minimum Gasteiger partial charge on any atom is -0.496 e. The molecule has 9 heteroatoms. The Balaban J connectivity index is 1.75. The summed E-state index contributed by atoms with van der Waals surface area (Å²) in [6.07, 6.45) is 0. The lowest BCUT2D eigenvalue weighted by molar-refractivity contribution is -0.138. The van der Waals surface area contributed by atoms with Crippen LogP contribution in [0, 0.1) is 5.82 Å². The topological polar surface area (TPSA) is 79.0 Å². The van der Waals surface area contributed by atoms with Gasteiger partial charge in [-0.3, -0.25) is 14.5 Å². The van der Waals surface area contributed by atoms with Crippen LogP contribution >= 0.6 is 11.6 Å². The fourth-order valence-corrected chi connectivity index (χ4v) is 3.71. The predicted octanol–water partition coefficient (Wildman–Crippen LogP) is 2.91. The Hall–Kier alpha value is -3.13. The van der Waals surface area contributed by atoms with E-state index >= 15 is 0 Å². The van der Waals surface area contributed by atoms with Gasteiger partial charge in [-0.1, -0.05) is 35.9 Å². The van der Waals surface area contributed by atoms with Crippen molar-refractivity contribution >= 4 is 29.4 Å². The van der Waals surface area contributed by atoms with Gasteiger partial charge in [0.1, 0.15) is 23.7 Å². The van der Waals surface area contributed by atoms with Gasteiger partial charge in [0.25, 0.3) is 5.91 Å². The molecule has 0 aromatic heterocycles. The normalized spacial score (nSPS) is 18.4. The molecule has 0 bridgehead atoms. The zero-order valence-corrected chi connectivity index (χ0v) is 17.5. The highest BCUT2D eigenvalue weighted by atomic mass is 35.5. The van der Waals surface area contributed by atoms with Crippen LogP contribution in [0.5, 0.6) is 5.75 Å². The lowest BCUT2D eigenvalue weighted by Gasteiger charge is -2.24. The number of imide groups is 1. The first kappa shape index (κ1) is 21.6. The average Bonchev–Trinajstić information content (AvgIpc) is 2.91. The Bertz CT molecular complexity index is 1020. The standard InChI is InChI=1S/C21H21ClFN3O4/c1-21(15-9-8-14(23)10-16(15)22)19(28)26(20(29)24-21)12-18(27)25(2)11-13-6-4-5-7-17(13)30-3/h4-10H,11-12H2,1-3H3,(H,24,29). The lowest BCUT2D eigenvalue weighted by Crippen LogP contribution is -2.43. The van der Waals surface area contributed by atoms with Crippen molar-refractivity contribution in [3.05, 3.63) is 64.4 Å². The molecule has 0 spiro atoms. The van der Waals surface area contributed by atoms with Crippen LogP contribution < -0.4 is 10.1 Å². The van der Waals surface area contributed by atoms with Crippen molar-refractivity contribution in [1.29, 1.82) is 0 Å². The largest absolute Gasteiger partial charge is 0.496 e. The summed E-state index contributed by atoms with van der Waals surface area (Å²) in [5.41, 5.74) is -0.458. The second-order valence-corrected chi connectivity index (χ2v) is 7.54. The van der Waals surface area contributed by atoms with Crippen molar-refractivity contribution in [3.8, 4) is 5.75 Å². The second-order valence-electron chi connectivity index (χ2n) is 7.13. The summed E-state index contributed by atoms with van der Waals surface area (Å²) in [5, 5.41) is 2.57. The van der Waals surface area contributed by atoms with Gasteiger partial charge < -0.3 is 15.0 Å². The summed E-state index contributed by atoms with van der Waals surface area (Å²) < 4.78 is 18.7. The minimum absolute atomic E-state index is 0.00705. The fraction of sp³-hybridized carbons (Fsp3) is 0.286. The van der Waals surface area contributed by atoms with E-state index in [4.69, 9.17) is 16.3 Å². The van der Waals surface area contributed by atoms with E-state index in [0.29, 0.717) is 5.75 Å². The molecular weight excluding hydrogens is 413 g/mol. The first-order valence-corrected chi connectivity index (χ1v) is 9.50. The maximum Gasteiger partial charge on any atom is 0.325 e. The average molecular weight is 434 g/mol. The smallest absolute Gasteiger partial charge is 0.325 e. The summed E-state index contributed by atoms with van der Waals surface area (Å²) in [6, 6.07) is 10.1. The Labute approximate surface area is 178 Å². The van der Waals surface area contributed by atoms with Crippen molar-refractivity contribution in [2.75, 3.05) is 20.7 Å². The minimum atomic E-state index is -1.50. The summed E-state index contributed by atoms with van der Waals surface area (Å²) in [4.78, 5) is 40.4. The second kappa shape index (κ2) is 8.31. The van der Waals surface area contributed by atoms with E-state index < -0.39 is 35.7 Å². The van der Waals surface area contributed by atoms with Crippen molar-refractivity contribution in [2.45, 2.75) is 19.0 Å². The number of nitrogens with one attached hydrogen (secondary N) is 1. The van der Waals surface area contributed by atoms with Gasteiger partial charge >= 0.3 is 6.03 Å². The Morgan fingerprint density at radius 2 is 1.97 bits per heavy atom. The van der Waals surface area contributed by atoms with Gasteiger partial charge in [-0.15, -0.1) is 0 Å². The van der Waals surface area contributed by atoms with Gasteiger partial charge in [-0.05, 0) is 25.1 Å². The van der Waals surface area contributed by atoms with Crippen LogP contribution in [0.4, 0.5) is 9.18 Å². The molecule has 1 unspecified atom stereocenters. The summed E-state index contributed by atoms with van der Waals surface area (Å²) in [7, 11) is 3.11. The number of methoxy groups -OCH3 is 1. The molecule has 0 radical (unpaired) electrons. The van der Waals surface area contributed by atoms with Gasteiger partial charge in [0.2, 0.25) is 5.91 Å². The first-order chi connectivity index (χ1) is 14.2. The number of benzene rings is 2. The van der Waals surface area contributed by atoms with Crippen LogP contribution in [0.1, 0.15) is 18.1 Å². The molecule has 1 aliphatic rings. The third-order valence-electron chi connectivity index (χ3n) is 5.06. The van der Waals surface area contributed by atoms with E-state index in [0.717, 1.165) is 22.6 Å². The Kier molecular flexibility index (Phi) is 5.98. The molecule has 0 saturated carbocycles. The van der Waals surface area contributed by atoms with E-state index in [9.17, 15) is 18.8 Å². The quantitative estimate of drug-likeness (QED) is 0.710. The number of rotatable bonds is 6. The molecule has 0 aliphatic carbocycles. The van der Waals surface area contributed by atoms with Gasteiger partial charge in [0.15, 0.2) is 0 Å². The Morgan fingerprint density at radius 3 is 2.63 bits per heavy atom. The van der Waals surface area contributed by atoms with E-state index in [1.54, 1.807) is 13.1 Å². The third kappa shape index (κ3) is 3.95. The van der Waals surface area contributed by atoms with Crippen LogP contribution in [0.25, 0.3) is 0 Å². The van der Waals surface area contributed by atoms with E-state index in [1.807, 2.05) is 18.2 Å². The van der Waals surface area contributed by atoms with Gasteiger partial charge in [0.05, 0.1) is 7.11 Å².